The van der Waals surface area contributed by atoms with Crippen LogP contribution in [0.5, 0.6) is 0 Å². The summed E-state index contributed by atoms with van der Waals surface area (Å²) in [6.07, 6.45) is 2.06. The summed E-state index contributed by atoms with van der Waals surface area (Å²) in [7, 11) is 0. The van der Waals surface area contributed by atoms with Crippen molar-refractivity contribution in [2.24, 2.45) is 5.92 Å². The van der Waals surface area contributed by atoms with Crippen LogP contribution in [-0.4, -0.2) is 18.4 Å². The van der Waals surface area contributed by atoms with Crippen LogP contribution in [0.2, 0.25) is 0 Å². The van der Waals surface area contributed by atoms with Gasteiger partial charge in [0.25, 0.3) is 0 Å². The standard InChI is InChI=1S/C8H12O3.C2H6/c1-2-11-8(10)6-4-3-5-7(6)9;1-2/h6H,2-5H2,1H3;1-2H3. The van der Waals surface area contributed by atoms with Gasteiger partial charge < -0.3 is 4.74 Å². The Hall–Kier alpha value is -0.860. The Morgan fingerprint density at radius 1 is 1.54 bits per heavy atom. The van der Waals surface area contributed by atoms with Crippen LogP contribution in [0.1, 0.15) is 40.0 Å². The zero-order valence-corrected chi connectivity index (χ0v) is 8.63. The monoisotopic (exact) mass is 186 g/mol. The van der Waals surface area contributed by atoms with Crippen LogP contribution in [0.25, 0.3) is 0 Å². The van der Waals surface area contributed by atoms with Crippen LogP contribution in [0.15, 0.2) is 0 Å². The molecule has 0 N–H and O–H groups in total. The third-order valence-electron chi connectivity index (χ3n) is 1.88. The molecule has 1 fully saturated rings. The van der Waals surface area contributed by atoms with Gasteiger partial charge in [-0.3, -0.25) is 9.59 Å². The minimum Gasteiger partial charge on any atom is -0.465 e. The van der Waals surface area contributed by atoms with Gasteiger partial charge in [-0.15, -0.1) is 0 Å². The minimum atomic E-state index is -0.449. The molecule has 0 aromatic heterocycles. The molecule has 0 amide bonds. The number of ether oxygens (including phenoxy) is 1. The highest BCUT2D eigenvalue weighted by atomic mass is 16.5. The Balaban J connectivity index is 0.000000671. The molecule has 76 valence electrons. The summed E-state index contributed by atoms with van der Waals surface area (Å²) in [6, 6.07) is 0. The van der Waals surface area contributed by atoms with E-state index in [1.54, 1.807) is 6.92 Å². The summed E-state index contributed by atoms with van der Waals surface area (Å²) in [4.78, 5) is 22.0. The quantitative estimate of drug-likeness (QED) is 0.489. The number of hydrogen-bond acceptors (Lipinski definition) is 3. The Kier molecular flexibility index (Phi) is 6.20. The van der Waals surface area contributed by atoms with Crippen molar-refractivity contribution in [3.8, 4) is 0 Å². The van der Waals surface area contributed by atoms with Crippen LogP contribution >= 0.6 is 0 Å². The van der Waals surface area contributed by atoms with E-state index in [0.29, 0.717) is 19.4 Å². The van der Waals surface area contributed by atoms with Crippen LogP contribution in [-0.2, 0) is 14.3 Å². The van der Waals surface area contributed by atoms with E-state index in [1.165, 1.54) is 0 Å². The summed E-state index contributed by atoms with van der Waals surface area (Å²) >= 11 is 0. The molecule has 1 unspecified atom stereocenters. The van der Waals surface area contributed by atoms with Crippen molar-refractivity contribution >= 4 is 11.8 Å². The number of carbonyl (C=O) groups is 2. The van der Waals surface area contributed by atoms with Gasteiger partial charge in [0, 0.05) is 6.42 Å². The molecule has 0 aliphatic heterocycles. The van der Waals surface area contributed by atoms with Crippen molar-refractivity contribution in [2.75, 3.05) is 6.61 Å². The zero-order chi connectivity index (χ0) is 10.3. The van der Waals surface area contributed by atoms with Crippen LogP contribution in [0, 0.1) is 5.92 Å². The predicted octanol–water partition coefficient (Wildman–Crippen LogP) is 1.94. The first kappa shape index (κ1) is 12.1. The second kappa shape index (κ2) is 6.63. The Labute approximate surface area is 79.5 Å². The van der Waals surface area contributed by atoms with Crippen molar-refractivity contribution in [1.29, 1.82) is 0 Å². The lowest BCUT2D eigenvalue weighted by atomic mass is 10.1. The van der Waals surface area contributed by atoms with Gasteiger partial charge in [0.1, 0.15) is 11.7 Å². The van der Waals surface area contributed by atoms with Crippen molar-refractivity contribution < 1.29 is 14.3 Å². The summed E-state index contributed by atoms with van der Waals surface area (Å²) in [5, 5.41) is 0. The molecule has 0 heterocycles. The fourth-order valence-electron chi connectivity index (χ4n) is 1.31. The average Bonchev–Trinajstić information content (AvgIpc) is 2.55. The summed E-state index contributed by atoms with van der Waals surface area (Å²) < 4.78 is 4.74. The van der Waals surface area contributed by atoms with E-state index in [0.717, 1.165) is 6.42 Å². The molecule has 1 atom stereocenters. The van der Waals surface area contributed by atoms with Gasteiger partial charge in [0.2, 0.25) is 0 Å². The Bertz CT molecular complexity index is 175. The number of esters is 1. The highest BCUT2D eigenvalue weighted by molar-refractivity contribution is 6.00. The second-order valence-corrected chi connectivity index (χ2v) is 2.66. The van der Waals surface area contributed by atoms with Gasteiger partial charge in [-0.05, 0) is 19.8 Å². The van der Waals surface area contributed by atoms with E-state index in [1.807, 2.05) is 13.8 Å². The van der Waals surface area contributed by atoms with Crippen LogP contribution in [0.4, 0.5) is 0 Å². The summed E-state index contributed by atoms with van der Waals surface area (Å²) in [5.74, 6) is -0.742. The molecular weight excluding hydrogens is 168 g/mol. The van der Waals surface area contributed by atoms with Crippen LogP contribution in [0.3, 0.4) is 0 Å². The smallest absolute Gasteiger partial charge is 0.316 e. The predicted molar refractivity (Wildman–Crippen MR) is 50.3 cm³/mol. The SMILES string of the molecule is CC.CCOC(=O)C1CCCC1=O. The van der Waals surface area contributed by atoms with Crippen molar-refractivity contribution in [2.45, 2.75) is 40.0 Å². The lowest BCUT2D eigenvalue weighted by molar-refractivity contribution is -0.150. The van der Waals surface area contributed by atoms with Gasteiger partial charge in [-0.1, -0.05) is 13.8 Å². The first-order valence-electron chi connectivity index (χ1n) is 4.95. The Morgan fingerprint density at radius 3 is 2.54 bits per heavy atom. The normalized spacial score (nSPS) is 20.5. The molecule has 0 aromatic rings. The maximum Gasteiger partial charge on any atom is 0.316 e. The molecule has 0 aromatic carbocycles. The number of hydrogen-bond donors (Lipinski definition) is 0. The third-order valence-corrected chi connectivity index (χ3v) is 1.88. The van der Waals surface area contributed by atoms with E-state index < -0.39 is 5.92 Å². The number of ketones is 1. The van der Waals surface area contributed by atoms with Gasteiger partial charge >= 0.3 is 5.97 Å². The molecule has 0 radical (unpaired) electrons. The van der Waals surface area contributed by atoms with Gasteiger partial charge in [0.05, 0.1) is 6.61 Å². The fourth-order valence-corrected chi connectivity index (χ4v) is 1.31. The second-order valence-electron chi connectivity index (χ2n) is 2.66. The Morgan fingerprint density at radius 2 is 2.15 bits per heavy atom. The average molecular weight is 186 g/mol. The van der Waals surface area contributed by atoms with E-state index >= 15 is 0 Å². The topological polar surface area (TPSA) is 43.4 Å². The maximum absolute atomic E-state index is 11.0. The van der Waals surface area contributed by atoms with E-state index in [4.69, 9.17) is 4.74 Å². The minimum absolute atomic E-state index is 0.0449. The van der Waals surface area contributed by atoms with Crippen molar-refractivity contribution in [3.05, 3.63) is 0 Å². The summed E-state index contributed by atoms with van der Waals surface area (Å²) in [5.41, 5.74) is 0. The van der Waals surface area contributed by atoms with Gasteiger partial charge in [-0.25, -0.2) is 0 Å². The first-order chi connectivity index (χ1) is 6.25. The third kappa shape index (κ3) is 3.57. The molecule has 0 spiro atoms. The maximum atomic E-state index is 11.0. The lowest BCUT2D eigenvalue weighted by Crippen LogP contribution is -2.21. The van der Waals surface area contributed by atoms with Crippen molar-refractivity contribution in [1.82, 2.24) is 0 Å². The zero-order valence-electron chi connectivity index (χ0n) is 8.63. The molecule has 3 nitrogen and oxygen atoms in total. The fraction of sp³-hybridized carbons (Fsp3) is 0.800. The van der Waals surface area contributed by atoms with Gasteiger partial charge in [0.15, 0.2) is 0 Å². The summed E-state index contributed by atoms with van der Waals surface area (Å²) in [6.45, 7) is 6.11. The van der Waals surface area contributed by atoms with E-state index in [9.17, 15) is 9.59 Å². The number of Topliss-reactive ketones (excluding diaryl/α,β-unsaturated/α-hetero) is 1. The molecule has 1 aliphatic rings. The first-order valence-corrected chi connectivity index (χ1v) is 4.95. The highest BCUT2D eigenvalue weighted by Crippen LogP contribution is 2.22. The van der Waals surface area contributed by atoms with Crippen LogP contribution < -0.4 is 0 Å². The van der Waals surface area contributed by atoms with Gasteiger partial charge in [-0.2, -0.15) is 0 Å². The number of rotatable bonds is 2. The van der Waals surface area contributed by atoms with E-state index in [2.05, 4.69) is 0 Å². The molecule has 0 bridgehead atoms. The van der Waals surface area contributed by atoms with Crippen molar-refractivity contribution in [3.63, 3.8) is 0 Å². The number of carbonyl (C=O) groups excluding carboxylic acids is 2. The largest absolute Gasteiger partial charge is 0.465 e. The van der Waals surface area contributed by atoms with E-state index in [-0.39, 0.29) is 11.8 Å². The molecule has 1 rings (SSSR count). The highest BCUT2D eigenvalue weighted by Gasteiger charge is 2.31. The molecular formula is C10H18O3. The molecule has 0 saturated heterocycles. The molecule has 1 aliphatic carbocycles. The molecule has 3 heteroatoms. The molecule has 1 saturated carbocycles. The molecule has 13 heavy (non-hydrogen) atoms. The lowest BCUT2D eigenvalue weighted by Gasteiger charge is -2.05.